The average Bonchev–Trinajstić information content (AvgIpc) is 3.20. The number of carbonyl (C=O) groups is 1. The van der Waals surface area contributed by atoms with E-state index in [1.54, 1.807) is 24.7 Å². The zero-order valence-corrected chi connectivity index (χ0v) is 15.2. The third kappa shape index (κ3) is 4.24. The molecular weight excluding hydrogens is 350 g/mol. The van der Waals surface area contributed by atoms with Crippen molar-refractivity contribution >= 4 is 17.5 Å². The van der Waals surface area contributed by atoms with Crippen molar-refractivity contribution in [2.45, 2.75) is 26.0 Å². The fraction of sp³-hybridized carbons (Fsp3) is 0.200. The summed E-state index contributed by atoms with van der Waals surface area (Å²) in [6.45, 7) is 2.30. The molecule has 5 nitrogen and oxygen atoms in total. The second-order valence-corrected chi connectivity index (χ2v) is 6.17. The van der Waals surface area contributed by atoms with Gasteiger partial charge in [0.15, 0.2) is 6.10 Å². The van der Waals surface area contributed by atoms with E-state index in [9.17, 15) is 4.79 Å². The van der Waals surface area contributed by atoms with Gasteiger partial charge in [-0.1, -0.05) is 48.9 Å². The van der Waals surface area contributed by atoms with Crippen LogP contribution in [0.1, 0.15) is 18.9 Å². The number of ether oxygens (including phenoxy) is 1. The fourth-order valence-electron chi connectivity index (χ4n) is 2.63. The number of imidazole rings is 1. The number of nitrogens with one attached hydrogen (secondary N) is 1. The van der Waals surface area contributed by atoms with Crippen molar-refractivity contribution in [2.24, 2.45) is 0 Å². The van der Waals surface area contributed by atoms with E-state index in [4.69, 9.17) is 16.3 Å². The number of aromatic nitrogens is 2. The number of halogens is 1. The SMILES string of the molecule is CC[C@H](Oc1ccccc1Cl)C(=O)NCc1ccccc1-n1ccnc1. The maximum absolute atomic E-state index is 12.6. The molecule has 1 N–H and O–H groups in total. The molecule has 0 aliphatic rings. The first kappa shape index (κ1) is 18.0. The number of hydrogen-bond acceptors (Lipinski definition) is 3. The van der Waals surface area contributed by atoms with Crippen LogP contribution in [0.3, 0.4) is 0 Å². The van der Waals surface area contributed by atoms with Crippen molar-refractivity contribution in [3.8, 4) is 11.4 Å². The largest absolute Gasteiger partial charge is 0.479 e. The van der Waals surface area contributed by atoms with Gasteiger partial charge < -0.3 is 14.6 Å². The van der Waals surface area contributed by atoms with Gasteiger partial charge in [-0.2, -0.15) is 0 Å². The van der Waals surface area contributed by atoms with E-state index < -0.39 is 6.10 Å². The van der Waals surface area contributed by atoms with Crippen molar-refractivity contribution in [1.82, 2.24) is 14.9 Å². The minimum absolute atomic E-state index is 0.173. The zero-order valence-electron chi connectivity index (χ0n) is 14.4. The highest BCUT2D eigenvalue weighted by atomic mass is 35.5. The summed E-state index contributed by atoms with van der Waals surface area (Å²) < 4.78 is 7.70. The summed E-state index contributed by atoms with van der Waals surface area (Å²) in [6, 6.07) is 15.0. The molecule has 3 aromatic rings. The lowest BCUT2D eigenvalue weighted by Crippen LogP contribution is -2.37. The Balaban J connectivity index is 1.67. The summed E-state index contributed by atoms with van der Waals surface area (Å²) in [5.41, 5.74) is 1.97. The van der Waals surface area contributed by atoms with Gasteiger partial charge in [-0.15, -0.1) is 0 Å². The Morgan fingerprint density at radius 2 is 2.00 bits per heavy atom. The quantitative estimate of drug-likeness (QED) is 0.684. The van der Waals surface area contributed by atoms with E-state index in [1.807, 2.05) is 54.1 Å². The van der Waals surface area contributed by atoms with Crippen molar-refractivity contribution < 1.29 is 9.53 Å². The van der Waals surface area contributed by atoms with Crippen LogP contribution in [-0.4, -0.2) is 21.6 Å². The number of nitrogens with zero attached hydrogens (tertiary/aromatic N) is 2. The van der Waals surface area contributed by atoms with Gasteiger partial charge in [-0.25, -0.2) is 4.98 Å². The van der Waals surface area contributed by atoms with Crippen LogP contribution >= 0.6 is 11.6 Å². The predicted octanol–water partition coefficient (Wildman–Crippen LogP) is 4.00. The lowest BCUT2D eigenvalue weighted by atomic mass is 10.1. The molecule has 0 aliphatic heterocycles. The van der Waals surface area contributed by atoms with Gasteiger partial charge in [-0.05, 0) is 30.2 Å². The van der Waals surface area contributed by atoms with E-state index in [0.717, 1.165) is 11.3 Å². The molecule has 2 aromatic carbocycles. The van der Waals surface area contributed by atoms with E-state index in [0.29, 0.717) is 23.7 Å². The number of hydrogen-bond donors (Lipinski definition) is 1. The van der Waals surface area contributed by atoms with Crippen molar-refractivity contribution in [3.63, 3.8) is 0 Å². The lowest BCUT2D eigenvalue weighted by molar-refractivity contribution is -0.128. The minimum atomic E-state index is -0.602. The molecule has 0 radical (unpaired) electrons. The molecule has 0 unspecified atom stereocenters. The Labute approximate surface area is 157 Å². The van der Waals surface area contributed by atoms with E-state index in [-0.39, 0.29) is 5.91 Å². The minimum Gasteiger partial charge on any atom is -0.479 e. The Morgan fingerprint density at radius 3 is 2.73 bits per heavy atom. The predicted molar refractivity (Wildman–Crippen MR) is 102 cm³/mol. The van der Waals surface area contributed by atoms with Crippen LogP contribution in [0, 0.1) is 0 Å². The van der Waals surface area contributed by atoms with Crippen LogP contribution in [0.2, 0.25) is 5.02 Å². The molecule has 26 heavy (non-hydrogen) atoms. The van der Waals surface area contributed by atoms with E-state index >= 15 is 0 Å². The summed E-state index contributed by atoms with van der Waals surface area (Å²) in [6.07, 6.45) is 5.27. The van der Waals surface area contributed by atoms with Crippen LogP contribution in [0.5, 0.6) is 5.75 Å². The van der Waals surface area contributed by atoms with Crippen LogP contribution < -0.4 is 10.1 Å². The third-order valence-electron chi connectivity index (χ3n) is 4.00. The van der Waals surface area contributed by atoms with Crippen molar-refractivity contribution in [2.75, 3.05) is 0 Å². The van der Waals surface area contributed by atoms with Crippen LogP contribution in [-0.2, 0) is 11.3 Å². The highest BCUT2D eigenvalue weighted by Crippen LogP contribution is 2.25. The van der Waals surface area contributed by atoms with Crippen molar-refractivity contribution in [3.05, 3.63) is 77.8 Å². The monoisotopic (exact) mass is 369 g/mol. The second-order valence-electron chi connectivity index (χ2n) is 5.76. The summed E-state index contributed by atoms with van der Waals surface area (Å²) in [7, 11) is 0. The van der Waals surface area contributed by atoms with Gasteiger partial charge >= 0.3 is 0 Å². The molecule has 0 spiro atoms. The first-order valence-corrected chi connectivity index (χ1v) is 8.82. The lowest BCUT2D eigenvalue weighted by Gasteiger charge is -2.18. The molecular formula is C20H20ClN3O2. The molecule has 0 saturated carbocycles. The average molecular weight is 370 g/mol. The molecule has 1 amide bonds. The van der Waals surface area contributed by atoms with Gasteiger partial charge in [0.25, 0.3) is 5.91 Å². The molecule has 0 bridgehead atoms. The number of benzene rings is 2. The van der Waals surface area contributed by atoms with Crippen LogP contribution in [0.15, 0.2) is 67.3 Å². The number of amides is 1. The van der Waals surface area contributed by atoms with Gasteiger partial charge in [0.05, 0.1) is 17.0 Å². The molecule has 1 aromatic heterocycles. The summed E-state index contributed by atoms with van der Waals surface area (Å²) >= 11 is 6.12. The van der Waals surface area contributed by atoms with Crippen molar-refractivity contribution in [1.29, 1.82) is 0 Å². The molecule has 0 fully saturated rings. The number of carbonyl (C=O) groups excluding carboxylic acids is 1. The first-order chi connectivity index (χ1) is 12.7. The molecule has 3 rings (SSSR count). The molecule has 1 heterocycles. The maximum atomic E-state index is 12.6. The zero-order chi connectivity index (χ0) is 18.4. The highest BCUT2D eigenvalue weighted by Gasteiger charge is 2.19. The van der Waals surface area contributed by atoms with Gasteiger partial charge in [-0.3, -0.25) is 4.79 Å². The highest BCUT2D eigenvalue weighted by molar-refractivity contribution is 6.32. The molecule has 134 valence electrons. The first-order valence-electron chi connectivity index (χ1n) is 8.44. The molecule has 6 heteroatoms. The maximum Gasteiger partial charge on any atom is 0.261 e. The Kier molecular flexibility index (Phi) is 5.92. The van der Waals surface area contributed by atoms with E-state index in [2.05, 4.69) is 10.3 Å². The van der Waals surface area contributed by atoms with Gasteiger partial charge in [0.1, 0.15) is 5.75 Å². The smallest absolute Gasteiger partial charge is 0.261 e. The van der Waals surface area contributed by atoms with Crippen LogP contribution in [0.4, 0.5) is 0 Å². The summed E-state index contributed by atoms with van der Waals surface area (Å²) in [5.74, 6) is 0.336. The van der Waals surface area contributed by atoms with Crippen LogP contribution in [0.25, 0.3) is 5.69 Å². The van der Waals surface area contributed by atoms with Gasteiger partial charge in [0, 0.05) is 18.9 Å². The normalized spacial score (nSPS) is 11.8. The fourth-order valence-corrected chi connectivity index (χ4v) is 2.81. The standard InChI is InChI=1S/C20H20ClN3O2/c1-2-18(26-19-10-6-4-8-16(19)21)20(25)23-13-15-7-3-5-9-17(15)24-12-11-22-14-24/h3-12,14,18H,2,13H2,1H3,(H,23,25)/t18-/m0/s1. The van der Waals surface area contributed by atoms with Gasteiger partial charge in [0.2, 0.25) is 0 Å². The third-order valence-corrected chi connectivity index (χ3v) is 4.31. The number of rotatable bonds is 7. The Hall–Kier alpha value is -2.79. The summed E-state index contributed by atoms with van der Waals surface area (Å²) in [5, 5.41) is 3.44. The number of para-hydroxylation sites is 2. The second kappa shape index (κ2) is 8.54. The molecule has 0 saturated heterocycles. The summed E-state index contributed by atoms with van der Waals surface area (Å²) in [4.78, 5) is 16.6. The Bertz CT molecular complexity index is 865. The van der Waals surface area contributed by atoms with E-state index in [1.165, 1.54) is 0 Å². The molecule has 0 aliphatic carbocycles. The topological polar surface area (TPSA) is 56.1 Å². The Morgan fingerprint density at radius 1 is 1.23 bits per heavy atom. The molecule has 1 atom stereocenters.